The lowest BCUT2D eigenvalue weighted by atomic mass is 10.6. The van der Waals surface area contributed by atoms with Gasteiger partial charge in [0, 0.05) is 12.6 Å². The molecule has 15 heavy (non-hydrogen) atoms. The van der Waals surface area contributed by atoms with Crippen LogP contribution in [0.5, 0.6) is 0 Å². The molecular formula is C9H22NO2PSi2. The van der Waals surface area contributed by atoms with Crippen LogP contribution in [-0.2, 0) is 8.43 Å². The number of nitrogens with zero attached hydrogens (tertiary/aromatic N) is 1. The fourth-order valence-corrected chi connectivity index (χ4v) is 7.25. The summed E-state index contributed by atoms with van der Waals surface area (Å²) in [5, 5.41) is 8.58. The Morgan fingerprint density at radius 3 is 1.67 bits per heavy atom. The van der Waals surface area contributed by atoms with Crippen molar-refractivity contribution in [2.24, 2.45) is 0 Å². The van der Waals surface area contributed by atoms with Crippen molar-refractivity contribution in [3.63, 3.8) is 0 Å². The number of rotatable bonds is 6. The first-order chi connectivity index (χ1) is 6.64. The molecule has 0 N–H and O–H groups in total. The van der Waals surface area contributed by atoms with Gasteiger partial charge in [0.15, 0.2) is 16.6 Å². The van der Waals surface area contributed by atoms with Gasteiger partial charge >= 0.3 is 0 Å². The number of hydrogen-bond donors (Lipinski definition) is 0. The van der Waals surface area contributed by atoms with Crippen LogP contribution in [0.1, 0.15) is 6.42 Å². The van der Waals surface area contributed by atoms with Gasteiger partial charge in [-0.3, -0.25) is 0 Å². The lowest BCUT2D eigenvalue weighted by Crippen LogP contribution is -2.28. The third-order valence-corrected chi connectivity index (χ3v) is 7.76. The quantitative estimate of drug-likeness (QED) is 0.539. The van der Waals surface area contributed by atoms with Crippen molar-refractivity contribution in [3.05, 3.63) is 0 Å². The van der Waals surface area contributed by atoms with E-state index in [0.717, 1.165) is 6.16 Å². The van der Waals surface area contributed by atoms with Crippen molar-refractivity contribution < 1.29 is 8.43 Å². The van der Waals surface area contributed by atoms with Gasteiger partial charge in [-0.15, -0.1) is 0 Å². The normalized spacial score (nSPS) is 12.9. The number of hydrogen-bond acceptors (Lipinski definition) is 3. The monoisotopic (exact) mass is 263 g/mol. The van der Waals surface area contributed by atoms with Crippen molar-refractivity contribution in [2.75, 3.05) is 6.16 Å². The first-order valence-corrected chi connectivity index (χ1v) is 13.3. The molecule has 0 saturated heterocycles. The topological polar surface area (TPSA) is 42.2 Å². The van der Waals surface area contributed by atoms with Gasteiger partial charge in [-0.1, -0.05) is 0 Å². The molecule has 0 aromatic carbocycles. The Kier molecular flexibility index (Phi) is 6.23. The fourth-order valence-electron chi connectivity index (χ4n) is 0.862. The first kappa shape index (κ1) is 15.3. The molecule has 0 saturated carbocycles. The lowest BCUT2D eigenvalue weighted by Gasteiger charge is -2.30. The Balaban J connectivity index is 4.26. The Labute approximate surface area is 97.0 Å². The molecule has 0 spiro atoms. The molecule has 0 heterocycles. The molecule has 0 aromatic rings. The van der Waals surface area contributed by atoms with Gasteiger partial charge < -0.3 is 8.43 Å². The van der Waals surface area contributed by atoms with E-state index in [4.69, 9.17) is 13.7 Å². The third-order valence-electron chi connectivity index (χ3n) is 1.16. The standard InChI is InChI=1S/C9H22NO2PSi2/c1-14(2,3)11-13(9-7-8-10)12-15(4,5)6/h7,9H2,1-6H3. The molecule has 0 aliphatic rings. The Bertz CT molecular complexity index is 214. The number of nitriles is 1. The highest BCUT2D eigenvalue weighted by Gasteiger charge is 2.27. The van der Waals surface area contributed by atoms with Crippen molar-refractivity contribution in [2.45, 2.75) is 45.7 Å². The maximum Gasteiger partial charge on any atom is 0.191 e. The summed E-state index contributed by atoms with van der Waals surface area (Å²) in [5.74, 6) is 0. The molecule has 0 radical (unpaired) electrons. The zero-order valence-electron chi connectivity index (χ0n) is 10.6. The second-order valence-electron chi connectivity index (χ2n) is 5.37. The van der Waals surface area contributed by atoms with Crippen LogP contribution in [0.3, 0.4) is 0 Å². The third kappa shape index (κ3) is 10.6. The van der Waals surface area contributed by atoms with E-state index in [1.165, 1.54) is 0 Å². The van der Waals surface area contributed by atoms with Gasteiger partial charge in [-0.05, 0) is 39.3 Å². The van der Waals surface area contributed by atoms with E-state index in [2.05, 4.69) is 45.4 Å². The minimum absolute atomic E-state index is 0.528. The highest BCUT2D eigenvalue weighted by molar-refractivity contribution is 7.50. The van der Waals surface area contributed by atoms with E-state index in [-0.39, 0.29) is 0 Å². The Morgan fingerprint density at radius 1 is 1.00 bits per heavy atom. The fraction of sp³-hybridized carbons (Fsp3) is 0.889. The molecule has 0 bridgehead atoms. The molecule has 0 aliphatic heterocycles. The van der Waals surface area contributed by atoms with Crippen LogP contribution in [0.15, 0.2) is 0 Å². The van der Waals surface area contributed by atoms with Crippen molar-refractivity contribution in [1.29, 1.82) is 5.26 Å². The van der Waals surface area contributed by atoms with E-state index < -0.39 is 25.0 Å². The molecule has 0 aliphatic carbocycles. The Morgan fingerprint density at radius 2 is 1.40 bits per heavy atom. The maximum atomic E-state index is 8.58. The Hall–Kier alpha value is 0.274. The first-order valence-electron chi connectivity index (χ1n) is 5.17. The molecular weight excluding hydrogens is 241 g/mol. The van der Waals surface area contributed by atoms with Crippen LogP contribution in [0.2, 0.25) is 39.3 Å². The second kappa shape index (κ2) is 6.12. The van der Waals surface area contributed by atoms with Crippen LogP contribution < -0.4 is 0 Å². The van der Waals surface area contributed by atoms with E-state index in [0.29, 0.717) is 6.42 Å². The van der Waals surface area contributed by atoms with Crippen LogP contribution >= 0.6 is 8.38 Å². The van der Waals surface area contributed by atoms with E-state index in [1.54, 1.807) is 0 Å². The average Bonchev–Trinajstić information content (AvgIpc) is 1.94. The predicted molar refractivity (Wildman–Crippen MR) is 70.9 cm³/mol. The molecule has 0 amide bonds. The molecule has 0 aromatic heterocycles. The largest absolute Gasteiger partial charge is 0.376 e. The molecule has 6 heteroatoms. The summed E-state index contributed by atoms with van der Waals surface area (Å²) < 4.78 is 12.0. The van der Waals surface area contributed by atoms with E-state index in [9.17, 15) is 0 Å². The van der Waals surface area contributed by atoms with E-state index >= 15 is 0 Å². The van der Waals surface area contributed by atoms with Gasteiger partial charge in [-0.2, -0.15) is 5.26 Å². The summed E-state index contributed by atoms with van der Waals surface area (Å²) in [6.07, 6.45) is 1.28. The molecule has 0 fully saturated rings. The minimum atomic E-state index is -1.55. The van der Waals surface area contributed by atoms with Gasteiger partial charge in [0.05, 0.1) is 6.07 Å². The summed E-state index contributed by atoms with van der Waals surface area (Å²) in [4.78, 5) is 0. The zero-order chi connectivity index (χ0) is 12.1. The van der Waals surface area contributed by atoms with Crippen molar-refractivity contribution >= 4 is 25.0 Å². The summed E-state index contributed by atoms with van der Waals surface area (Å²) in [6, 6.07) is 2.16. The smallest absolute Gasteiger partial charge is 0.191 e. The minimum Gasteiger partial charge on any atom is -0.376 e. The van der Waals surface area contributed by atoms with Crippen molar-refractivity contribution in [3.8, 4) is 6.07 Å². The van der Waals surface area contributed by atoms with Gasteiger partial charge in [0.1, 0.15) is 8.38 Å². The van der Waals surface area contributed by atoms with Gasteiger partial charge in [0.25, 0.3) is 0 Å². The summed E-state index contributed by atoms with van der Waals surface area (Å²) in [5.41, 5.74) is 0. The molecule has 0 unspecified atom stereocenters. The summed E-state index contributed by atoms with van der Waals surface area (Å²) in [6.45, 7) is 12.9. The zero-order valence-corrected chi connectivity index (χ0v) is 13.5. The second-order valence-corrected chi connectivity index (χ2v) is 16.4. The van der Waals surface area contributed by atoms with Crippen molar-refractivity contribution in [1.82, 2.24) is 0 Å². The van der Waals surface area contributed by atoms with Crippen LogP contribution in [0, 0.1) is 11.3 Å². The molecule has 88 valence electrons. The lowest BCUT2D eigenvalue weighted by molar-refractivity contribution is 0.488. The maximum absolute atomic E-state index is 8.58. The summed E-state index contributed by atoms with van der Waals surface area (Å²) in [7, 11) is -3.95. The SMILES string of the molecule is C[Si](C)(C)OP(CCC#N)O[Si](C)(C)C. The molecule has 3 nitrogen and oxygen atoms in total. The highest BCUT2D eigenvalue weighted by Crippen LogP contribution is 2.44. The molecule has 0 rings (SSSR count). The van der Waals surface area contributed by atoms with Crippen LogP contribution in [0.4, 0.5) is 0 Å². The molecule has 0 atom stereocenters. The average molecular weight is 263 g/mol. The van der Waals surface area contributed by atoms with E-state index in [1.807, 2.05) is 0 Å². The highest BCUT2D eigenvalue weighted by atomic mass is 31.2. The summed E-state index contributed by atoms with van der Waals surface area (Å²) >= 11 is 0. The predicted octanol–water partition coefficient (Wildman–Crippen LogP) is 3.91. The van der Waals surface area contributed by atoms with Crippen LogP contribution in [-0.4, -0.2) is 22.8 Å². The van der Waals surface area contributed by atoms with Crippen LogP contribution in [0.25, 0.3) is 0 Å². The van der Waals surface area contributed by atoms with Gasteiger partial charge in [-0.25, -0.2) is 0 Å². The van der Waals surface area contributed by atoms with Gasteiger partial charge in [0.2, 0.25) is 0 Å².